The van der Waals surface area contributed by atoms with E-state index in [2.05, 4.69) is 0 Å². The van der Waals surface area contributed by atoms with Crippen molar-refractivity contribution in [3.05, 3.63) is 58.0 Å². The Balaban J connectivity index is 2.46. The second kappa shape index (κ2) is 6.20. The molecule has 3 rings (SSSR count). The molecule has 0 spiro atoms. The molecule has 0 atom stereocenters. The molecule has 0 aliphatic heterocycles. The Morgan fingerprint density at radius 3 is 2.40 bits per heavy atom. The number of nitrogens with zero attached hydrogens (tertiary/aromatic N) is 1. The van der Waals surface area contributed by atoms with Crippen LogP contribution in [0.15, 0.2) is 52.3 Å². The maximum Gasteiger partial charge on any atom is 0.258 e. The van der Waals surface area contributed by atoms with Crippen LogP contribution in [0.1, 0.15) is 0 Å². The maximum atomic E-state index is 12.4. The fraction of sp³-hybridized carbons (Fsp3) is 0.167. The topological polar surface area (TPSA) is 65.4 Å². The van der Waals surface area contributed by atoms with Crippen molar-refractivity contribution in [1.29, 1.82) is 0 Å². The standard InChI is InChI=1S/C18H16ClNO4S/c1-20-10-16(14-8-11(19)4-6-13(14)18(20)21)15-9-12(25(3,22)23)5-7-17(15)24-2/h4-10H,1-3H3. The molecular weight excluding hydrogens is 362 g/mol. The molecule has 0 fully saturated rings. The van der Waals surface area contributed by atoms with Gasteiger partial charge in [-0.25, -0.2) is 8.42 Å². The van der Waals surface area contributed by atoms with Crippen molar-refractivity contribution >= 4 is 32.2 Å². The normalized spacial score (nSPS) is 11.7. The molecule has 1 aromatic heterocycles. The number of aromatic nitrogens is 1. The van der Waals surface area contributed by atoms with Crippen LogP contribution in [0.25, 0.3) is 21.9 Å². The molecule has 0 amide bonds. The predicted octanol–water partition coefficient (Wildman–Crippen LogP) is 3.27. The van der Waals surface area contributed by atoms with Crippen LogP contribution in [0.5, 0.6) is 5.75 Å². The average molecular weight is 378 g/mol. The van der Waals surface area contributed by atoms with Gasteiger partial charge in [-0.15, -0.1) is 0 Å². The van der Waals surface area contributed by atoms with Gasteiger partial charge in [0.25, 0.3) is 5.56 Å². The lowest BCUT2D eigenvalue weighted by Gasteiger charge is -2.14. The summed E-state index contributed by atoms with van der Waals surface area (Å²) >= 11 is 6.11. The number of ether oxygens (including phenoxy) is 1. The molecule has 25 heavy (non-hydrogen) atoms. The van der Waals surface area contributed by atoms with Crippen LogP contribution >= 0.6 is 11.6 Å². The van der Waals surface area contributed by atoms with Crippen LogP contribution in [0.3, 0.4) is 0 Å². The minimum Gasteiger partial charge on any atom is -0.496 e. The Bertz CT molecular complexity index is 1150. The van der Waals surface area contributed by atoms with Gasteiger partial charge in [0.1, 0.15) is 5.75 Å². The van der Waals surface area contributed by atoms with Crippen LogP contribution in [-0.4, -0.2) is 26.4 Å². The first-order valence-corrected chi connectivity index (χ1v) is 9.66. The van der Waals surface area contributed by atoms with Gasteiger partial charge >= 0.3 is 0 Å². The van der Waals surface area contributed by atoms with Crippen LogP contribution in [0, 0.1) is 0 Å². The van der Waals surface area contributed by atoms with Gasteiger partial charge in [-0.1, -0.05) is 11.6 Å². The third-order valence-electron chi connectivity index (χ3n) is 4.03. The average Bonchev–Trinajstić information content (AvgIpc) is 2.56. The summed E-state index contributed by atoms with van der Waals surface area (Å²) in [5.41, 5.74) is 1.09. The minimum atomic E-state index is -3.39. The van der Waals surface area contributed by atoms with E-state index >= 15 is 0 Å². The maximum absolute atomic E-state index is 12.4. The van der Waals surface area contributed by atoms with Crippen molar-refractivity contribution < 1.29 is 13.2 Å². The van der Waals surface area contributed by atoms with E-state index in [-0.39, 0.29) is 10.5 Å². The quantitative estimate of drug-likeness (QED) is 0.702. The molecular formula is C18H16ClNO4S. The number of hydrogen-bond donors (Lipinski definition) is 0. The molecule has 0 radical (unpaired) electrons. The van der Waals surface area contributed by atoms with Gasteiger partial charge in [0.2, 0.25) is 0 Å². The summed E-state index contributed by atoms with van der Waals surface area (Å²) in [7, 11) is -0.233. The van der Waals surface area contributed by atoms with Crippen LogP contribution in [-0.2, 0) is 16.9 Å². The SMILES string of the molecule is COc1ccc(S(C)(=O)=O)cc1-c1cn(C)c(=O)c2ccc(Cl)cc12. The van der Waals surface area contributed by atoms with Gasteiger partial charge in [0.05, 0.1) is 12.0 Å². The third-order valence-corrected chi connectivity index (χ3v) is 5.38. The first-order chi connectivity index (χ1) is 11.7. The zero-order valence-corrected chi connectivity index (χ0v) is 15.5. The van der Waals surface area contributed by atoms with Crippen molar-refractivity contribution in [2.45, 2.75) is 4.90 Å². The van der Waals surface area contributed by atoms with Crippen molar-refractivity contribution in [2.24, 2.45) is 7.05 Å². The molecule has 0 saturated carbocycles. The van der Waals surface area contributed by atoms with Crippen LogP contribution < -0.4 is 10.3 Å². The summed E-state index contributed by atoms with van der Waals surface area (Å²) in [6.07, 6.45) is 2.80. The Labute approximate surface area is 150 Å². The first-order valence-electron chi connectivity index (χ1n) is 7.39. The Hall–Kier alpha value is -2.31. The van der Waals surface area contributed by atoms with Crippen molar-refractivity contribution in [1.82, 2.24) is 4.57 Å². The number of sulfone groups is 1. The highest BCUT2D eigenvalue weighted by Gasteiger charge is 2.17. The molecule has 5 nitrogen and oxygen atoms in total. The number of halogens is 1. The molecule has 3 aromatic rings. The third kappa shape index (κ3) is 3.15. The summed E-state index contributed by atoms with van der Waals surface area (Å²) in [5.74, 6) is 0.507. The molecule has 130 valence electrons. The number of hydrogen-bond acceptors (Lipinski definition) is 4. The van der Waals surface area contributed by atoms with Crippen LogP contribution in [0.4, 0.5) is 0 Å². The highest BCUT2D eigenvalue weighted by Crippen LogP contribution is 2.36. The predicted molar refractivity (Wildman–Crippen MR) is 99.3 cm³/mol. The second-order valence-corrected chi connectivity index (χ2v) is 8.24. The van der Waals surface area contributed by atoms with E-state index < -0.39 is 9.84 Å². The van der Waals surface area contributed by atoms with Gasteiger partial charge in [0.15, 0.2) is 9.84 Å². The van der Waals surface area contributed by atoms with Crippen molar-refractivity contribution in [3.63, 3.8) is 0 Å². The fourth-order valence-corrected chi connectivity index (χ4v) is 3.60. The first kappa shape index (κ1) is 17.5. The summed E-state index contributed by atoms with van der Waals surface area (Å²) in [4.78, 5) is 12.6. The minimum absolute atomic E-state index is 0.159. The van der Waals surface area contributed by atoms with Gasteiger partial charge in [-0.2, -0.15) is 0 Å². The molecule has 0 bridgehead atoms. The zero-order valence-electron chi connectivity index (χ0n) is 13.9. The monoisotopic (exact) mass is 377 g/mol. The molecule has 0 unspecified atom stereocenters. The van der Waals surface area contributed by atoms with Gasteiger partial charge in [0, 0.05) is 41.0 Å². The molecule has 0 saturated heterocycles. The number of aryl methyl sites for hydroxylation is 1. The number of benzene rings is 2. The number of methoxy groups -OCH3 is 1. The van der Waals surface area contributed by atoms with Gasteiger partial charge in [-0.05, 0) is 41.8 Å². The molecule has 1 heterocycles. The smallest absolute Gasteiger partial charge is 0.258 e. The number of fused-ring (bicyclic) bond motifs is 1. The Kier molecular flexibility index (Phi) is 4.34. The lowest BCUT2D eigenvalue weighted by Crippen LogP contribution is -2.16. The van der Waals surface area contributed by atoms with Gasteiger partial charge < -0.3 is 9.30 Å². The summed E-state index contributed by atoms with van der Waals surface area (Å²) in [6, 6.07) is 9.66. The van der Waals surface area contributed by atoms with E-state index in [1.54, 1.807) is 43.6 Å². The summed E-state index contributed by atoms with van der Waals surface area (Å²) in [6.45, 7) is 0. The highest BCUT2D eigenvalue weighted by atomic mass is 35.5. The largest absolute Gasteiger partial charge is 0.496 e. The van der Waals surface area contributed by atoms with Crippen molar-refractivity contribution in [2.75, 3.05) is 13.4 Å². The second-order valence-electron chi connectivity index (χ2n) is 5.78. The Morgan fingerprint density at radius 1 is 1.04 bits per heavy atom. The molecule has 2 aromatic carbocycles. The van der Waals surface area contributed by atoms with Gasteiger partial charge in [-0.3, -0.25) is 4.79 Å². The lowest BCUT2D eigenvalue weighted by atomic mass is 10.00. The molecule has 7 heteroatoms. The summed E-state index contributed by atoms with van der Waals surface area (Å²) in [5, 5.41) is 1.62. The van der Waals surface area contributed by atoms with E-state index in [0.29, 0.717) is 32.7 Å². The van der Waals surface area contributed by atoms with Crippen LogP contribution in [0.2, 0.25) is 5.02 Å². The van der Waals surface area contributed by atoms with Crippen molar-refractivity contribution in [3.8, 4) is 16.9 Å². The number of rotatable bonds is 3. The molecule has 0 N–H and O–H groups in total. The summed E-state index contributed by atoms with van der Waals surface area (Å²) < 4.78 is 30.7. The zero-order chi connectivity index (χ0) is 18.4. The Morgan fingerprint density at radius 2 is 1.76 bits per heavy atom. The fourth-order valence-electron chi connectivity index (χ4n) is 2.78. The van der Waals surface area contributed by atoms with E-state index in [0.717, 1.165) is 6.26 Å². The van der Waals surface area contributed by atoms with E-state index in [4.69, 9.17) is 16.3 Å². The van der Waals surface area contributed by atoms with E-state index in [9.17, 15) is 13.2 Å². The van der Waals surface area contributed by atoms with E-state index in [1.807, 2.05) is 0 Å². The number of pyridine rings is 1. The van der Waals surface area contributed by atoms with E-state index in [1.165, 1.54) is 17.7 Å². The molecule has 0 aliphatic rings. The lowest BCUT2D eigenvalue weighted by molar-refractivity contribution is 0.416. The molecule has 0 aliphatic carbocycles. The highest BCUT2D eigenvalue weighted by molar-refractivity contribution is 7.90.